The highest BCUT2D eigenvalue weighted by molar-refractivity contribution is 7.16. The number of hydrogen-bond acceptors (Lipinski definition) is 4. The van der Waals surface area contributed by atoms with Crippen LogP contribution in [0.5, 0.6) is 5.75 Å². The van der Waals surface area contributed by atoms with Gasteiger partial charge < -0.3 is 15.2 Å². The summed E-state index contributed by atoms with van der Waals surface area (Å²) in [5.74, 6) is -1.91. The van der Waals surface area contributed by atoms with Crippen molar-refractivity contribution in [3.8, 4) is 5.75 Å². The van der Waals surface area contributed by atoms with Gasteiger partial charge in [0, 0.05) is 0 Å². The molecule has 0 saturated carbocycles. The number of nitrogens with one attached hydrogen (secondary N) is 1. The molecule has 0 radical (unpaired) electrons. The van der Waals surface area contributed by atoms with Gasteiger partial charge in [-0.2, -0.15) is 0 Å². The minimum absolute atomic E-state index is 0.354. The van der Waals surface area contributed by atoms with Crippen LogP contribution >= 0.6 is 11.3 Å². The van der Waals surface area contributed by atoms with E-state index in [9.17, 15) is 14.7 Å². The molecule has 14 heavy (non-hydrogen) atoms. The molecule has 72 valence electrons. The predicted molar refractivity (Wildman–Crippen MR) is 51.1 cm³/mol. The minimum Gasteiger partial charge on any atom is -0.506 e. The Morgan fingerprint density at radius 2 is 2.21 bits per heavy atom. The number of hydrogen-bond donors (Lipinski definition) is 3. The summed E-state index contributed by atoms with van der Waals surface area (Å²) in [6.45, 7) is 0. The third-order valence-electron chi connectivity index (χ3n) is 1.83. The van der Waals surface area contributed by atoms with Gasteiger partial charge in [-0.3, -0.25) is 4.79 Å². The molecule has 0 saturated heterocycles. The molecule has 0 aliphatic rings. The number of rotatable bonds is 1. The number of aromatic carboxylic acids is 1. The Bertz CT molecular complexity index is 568. The largest absolute Gasteiger partial charge is 0.506 e. The van der Waals surface area contributed by atoms with Gasteiger partial charge in [0.25, 0.3) is 5.56 Å². The SMILES string of the molecule is O=C(O)c1c(O)c2ccsc2[nH]c1=O. The molecule has 0 bridgehead atoms. The number of aromatic amines is 1. The summed E-state index contributed by atoms with van der Waals surface area (Å²) < 4.78 is 0. The molecule has 0 aliphatic heterocycles. The number of carboxylic acids is 1. The van der Waals surface area contributed by atoms with Crippen LogP contribution in [0, 0.1) is 0 Å². The van der Waals surface area contributed by atoms with Crippen LogP contribution in [0.3, 0.4) is 0 Å². The van der Waals surface area contributed by atoms with Gasteiger partial charge in [0.2, 0.25) is 0 Å². The van der Waals surface area contributed by atoms with E-state index in [0.717, 1.165) is 0 Å². The normalized spacial score (nSPS) is 10.6. The van der Waals surface area contributed by atoms with Crippen molar-refractivity contribution in [1.82, 2.24) is 4.98 Å². The van der Waals surface area contributed by atoms with Crippen LogP contribution in [-0.4, -0.2) is 21.2 Å². The van der Waals surface area contributed by atoms with Crippen LogP contribution in [0.4, 0.5) is 0 Å². The van der Waals surface area contributed by atoms with Crippen LogP contribution in [0.15, 0.2) is 16.2 Å². The van der Waals surface area contributed by atoms with Gasteiger partial charge in [0.15, 0.2) is 5.56 Å². The van der Waals surface area contributed by atoms with E-state index in [1.54, 1.807) is 11.4 Å². The summed E-state index contributed by atoms with van der Waals surface area (Å²) in [6, 6.07) is 1.55. The number of aromatic nitrogens is 1. The quantitative estimate of drug-likeness (QED) is 0.656. The zero-order valence-corrected chi connectivity index (χ0v) is 7.59. The van der Waals surface area contributed by atoms with E-state index in [0.29, 0.717) is 10.2 Å². The minimum atomic E-state index is -1.43. The second-order valence-corrected chi connectivity index (χ2v) is 3.56. The molecule has 0 atom stereocenters. The standard InChI is InChI=1S/C8H5NO4S/c10-5-3-1-2-14-7(3)9-6(11)4(5)8(12)13/h1-2H,(H,12,13)(H2,9,10,11). The van der Waals surface area contributed by atoms with Crippen molar-refractivity contribution in [1.29, 1.82) is 0 Å². The zero-order valence-electron chi connectivity index (χ0n) is 6.77. The monoisotopic (exact) mass is 211 g/mol. The van der Waals surface area contributed by atoms with Crippen LogP contribution < -0.4 is 5.56 Å². The molecule has 2 heterocycles. The van der Waals surface area contributed by atoms with Gasteiger partial charge in [0.05, 0.1) is 5.39 Å². The fraction of sp³-hybridized carbons (Fsp3) is 0. The Balaban J connectivity index is 2.96. The topological polar surface area (TPSA) is 90.4 Å². The Morgan fingerprint density at radius 3 is 2.86 bits per heavy atom. The summed E-state index contributed by atoms with van der Waals surface area (Å²) in [5.41, 5.74) is -1.40. The molecular formula is C8H5NO4S. The van der Waals surface area contributed by atoms with E-state index in [1.165, 1.54) is 11.3 Å². The summed E-state index contributed by atoms with van der Waals surface area (Å²) in [7, 11) is 0. The maximum Gasteiger partial charge on any atom is 0.345 e. The van der Waals surface area contributed by atoms with Crippen LogP contribution in [-0.2, 0) is 0 Å². The highest BCUT2D eigenvalue weighted by Gasteiger charge is 2.18. The van der Waals surface area contributed by atoms with Gasteiger partial charge in [-0.25, -0.2) is 4.79 Å². The first-order chi connectivity index (χ1) is 6.61. The highest BCUT2D eigenvalue weighted by atomic mass is 32.1. The molecule has 0 amide bonds. The third kappa shape index (κ3) is 1.08. The van der Waals surface area contributed by atoms with Crippen molar-refractivity contribution >= 4 is 27.5 Å². The predicted octanol–water partition coefficient (Wildman–Crippen LogP) is 0.993. The Morgan fingerprint density at radius 1 is 1.50 bits per heavy atom. The fourth-order valence-electron chi connectivity index (χ4n) is 1.20. The van der Waals surface area contributed by atoms with Gasteiger partial charge in [0.1, 0.15) is 10.6 Å². The highest BCUT2D eigenvalue weighted by Crippen LogP contribution is 2.27. The number of H-pyrrole nitrogens is 1. The average Bonchev–Trinajstić information content (AvgIpc) is 2.50. The van der Waals surface area contributed by atoms with E-state index in [1.807, 2.05) is 0 Å². The van der Waals surface area contributed by atoms with E-state index < -0.39 is 22.8 Å². The molecule has 0 aromatic carbocycles. The molecule has 6 heteroatoms. The van der Waals surface area contributed by atoms with Crippen LogP contribution in [0.2, 0.25) is 0 Å². The van der Waals surface area contributed by atoms with Gasteiger partial charge >= 0.3 is 5.97 Å². The van der Waals surface area contributed by atoms with E-state index in [4.69, 9.17) is 5.11 Å². The first-order valence-corrected chi connectivity index (χ1v) is 4.55. The Labute approximate surface area is 81.2 Å². The van der Waals surface area contributed by atoms with Crippen molar-refractivity contribution in [3.63, 3.8) is 0 Å². The molecule has 2 aromatic rings. The molecule has 2 rings (SSSR count). The van der Waals surface area contributed by atoms with E-state index in [2.05, 4.69) is 4.98 Å². The van der Waals surface area contributed by atoms with E-state index in [-0.39, 0.29) is 0 Å². The summed E-state index contributed by atoms with van der Waals surface area (Å²) in [4.78, 5) is 24.7. The molecule has 5 nitrogen and oxygen atoms in total. The zero-order chi connectivity index (χ0) is 10.3. The Hall–Kier alpha value is -1.82. The lowest BCUT2D eigenvalue weighted by atomic mass is 10.2. The number of pyridine rings is 1. The van der Waals surface area contributed by atoms with Crippen molar-refractivity contribution in [2.24, 2.45) is 0 Å². The average molecular weight is 211 g/mol. The number of carbonyl (C=O) groups is 1. The lowest BCUT2D eigenvalue weighted by molar-refractivity contribution is 0.0692. The number of thiophene rings is 1. The van der Waals surface area contributed by atoms with Crippen LogP contribution in [0.1, 0.15) is 10.4 Å². The molecule has 0 spiro atoms. The maximum atomic E-state index is 11.2. The number of carboxylic acid groups (broad SMARTS) is 1. The Kier molecular flexibility index (Phi) is 1.78. The second-order valence-electron chi connectivity index (χ2n) is 2.65. The molecule has 3 N–H and O–H groups in total. The number of aromatic hydroxyl groups is 1. The number of fused-ring (bicyclic) bond motifs is 1. The van der Waals surface area contributed by atoms with Gasteiger partial charge in [-0.15, -0.1) is 11.3 Å². The summed E-state index contributed by atoms with van der Waals surface area (Å²) in [6.07, 6.45) is 0. The fourth-order valence-corrected chi connectivity index (χ4v) is 1.98. The van der Waals surface area contributed by atoms with Crippen molar-refractivity contribution in [2.45, 2.75) is 0 Å². The first kappa shape index (κ1) is 8.76. The third-order valence-corrected chi connectivity index (χ3v) is 2.65. The first-order valence-electron chi connectivity index (χ1n) is 3.67. The lowest BCUT2D eigenvalue weighted by Gasteiger charge is -1.98. The van der Waals surface area contributed by atoms with Crippen molar-refractivity contribution in [3.05, 3.63) is 27.4 Å². The molecule has 2 aromatic heterocycles. The second kappa shape index (κ2) is 2.85. The van der Waals surface area contributed by atoms with E-state index >= 15 is 0 Å². The summed E-state index contributed by atoms with van der Waals surface area (Å²) >= 11 is 1.23. The maximum absolute atomic E-state index is 11.2. The summed E-state index contributed by atoms with van der Waals surface area (Å²) in [5, 5.41) is 20.2. The van der Waals surface area contributed by atoms with Gasteiger partial charge in [-0.1, -0.05) is 0 Å². The smallest absolute Gasteiger partial charge is 0.345 e. The van der Waals surface area contributed by atoms with Crippen molar-refractivity contribution < 1.29 is 15.0 Å². The van der Waals surface area contributed by atoms with Crippen LogP contribution in [0.25, 0.3) is 10.2 Å². The van der Waals surface area contributed by atoms with Crippen molar-refractivity contribution in [2.75, 3.05) is 0 Å². The molecule has 0 aliphatic carbocycles. The lowest BCUT2D eigenvalue weighted by Crippen LogP contribution is -2.16. The van der Waals surface area contributed by atoms with Gasteiger partial charge in [-0.05, 0) is 11.4 Å². The molecule has 0 fully saturated rings. The molecular weight excluding hydrogens is 206 g/mol. The molecule has 0 unspecified atom stereocenters.